The minimum absolute atomic E-state index is 0.0207. The Balaban J connectivity index is 1.83. The highest BCUT2D eigenvalue weighted by molar-refractivity contribution is 5.85. The van der Waals surface area contributed by atoms with Crippen LogP contribution in [0.3, 0.4) is 0 Å². The summed E-state index contributed by atoms with van der Waals surface area (Å²) in [4.78, 5) is 28.6. The Hall–Kier alpha value is -2.95. The zero-order valence-corrected chi connectivity index (χ0v) is 13.7. The van der Waals surface area contributed by atoms with E-state index in [1.807, 2.05) is 48.7 Å². The van der Waals surface area contributed by atoms with Crippen molar-refractivity contribution >= 4 is 16.8 Å². The minimum atomic E-state index is -0.121. The van der Waals surface area contributed by atoms with Crippen LogP contribution in [0.2, 0.25) is 0 Å². The van der Waals surface area contributed by atoms with Gasteiger partial charge in [0, 0.05) is 23.8 Å². The van der Waals surface area contributed by atoms with Crippen molar-refractivity contribution < 1.29 is 4.79 Å². The molecule has 1 N–H and O–H groups in total. The summed E-state index contributed by atoms with van der Waals surface area (Å²) in [5.41, 5.74) is 3.56. The second-order valence-electron chi connectivity index (χ2n) is 5.88. The predicted molar refractivity (Wildman–Crippen MR) is 93.8 cm³/mol. The number of nitrogens with zero attached hydrogens (tertiary/aromatic N) is 2. The highest BCUT2D eigenvalue weighted by atomic mass is 16.2. The molecule has 0 saturated heterocycles. The summed E-state index contributed by atoms with van der Waals surface area (Å²) in [7, 11) is 0. The van der Waals surface area contributed by atoms with Crippen molar-refractivity contribution in [2.75, 3.05) is 0 Å². The Bertz CT molecular complexity index is 946. The normalized spacial score (nSPS) is 10.8. The average Bonchev–Trinajstić information content (AvgIpc) is 2.56. The van der Waals surface area contributed by atoms with Crippen molar-refractivity contribution in [2.24, 2.45) is 0 Å². The Morgan fingerprint density at radius 3 is 2.79 bits per heavy atom. The molecule has 1 aromatic carbocycles. The van der Waals surface area contributed by atoms with Gasteiger partial charge < -0.3 is 9.88 Å². The van der Waals surface area contributed by atoms with Gasteiger partial charge in [-0.1, -0.05) is 12.1 Å². The minimum Gasteiger partial charge on any atom is -0.349 e. The fourth-order valence-electron chi connectivity index (χ4n) is 2.85. The molecule has 2 aromatic heterocycles. The van der Waals surface area contributed by atoms with E-state index >= 15 is 0 Å². The third kappa shape index (κ3) is 3.35. The van der Waals surface area contributed by atoms with Crippen molar-refractivity contribution in [1.29, 1.82) is 0 Å². The number of fused-ring (bicyclic) bond motifs is 1. The van der Waals surface area contributed by atoms with Gasteiger partial charge in [0.2, 0.25) is 5.91 Å². The molecule has 0 fully saturated rings. The van der Waals surface area contributed by atoms with Crippen molar-refractivity contribution in [3.8, 4) is 0 Å². The number of aryl methyl sites for hydroxylation is 2. The van der Waals surface area contributed by atoms with Crippen molar-refractivity contribution in [2.45, 2.75) is 26.9 Å². The first-order valence-electron chi connectivity index (χ1n) is 7.81. The van der Waals surface area contributed by atoms with Gasteiger partial charge in [-0.05, 0) is 43.2 Å². The second-order valence-corrected chi connectivity index (χ2v) is 5.88. The molecule has 1 amide bonds. The molecule has 3 aromatic rings. The highest BCUT2D eigenvalue weighted by Gasteiger charge is 2.09. The van der Waals surface area contributed by atoms with Crippen molar-refractivity contribution in [1.82, 2.24) is 14.9 Å². The van der Waals surface area contributed by atoms with Gasteiger partial charge >= 0.3 is 0 Å². The van der Waals surface area contributed by atoms with Crippen molar-refractivity contribution in [3.05, 3.63) is 75.8 Å². The standard InChI is InChI=1S/C19H19N3O2/c1-13-9-14(2)19-16(10-13)22(8-6-17(19)23)12-18(24)21-11-15-5-3-4-7-20-15/h3-10H,11-12H2,1-2H3,(H,21,24). The number of carbonyl (C=O) groups is 1. The van der Waals surface area contributed by atoms with Crippen LogP contribution < -0.4 is 10.7 Å². The summed E-state index contributed by atoms with van der Waals surface area (Å²) >= 11 is 0. The maximum atomic E-state index is 12.2. The van der Waals surface area contributed by atoms with Crippen LogP contribution in [0.15, 0.2) is 53.6 Å². The number of rotatable bonds is 4. The summed E-state index contributed by atoms with van der Waals surface area (Å²) in [6.45, 7) is 4.44. The van der Waals surface area contributed by atoms with E-state index < -0.39 is 0 Å². The summed E-state index contributed by atoms with van der Waals surface area (Å²) < 4.78 is 1.81. The highest BCUT2D eigenvalue weighted by Crippen LogP contribution is 2.17. The molecule has 24 heavy (non-hydrogen) atoms. The first-order chi connectivity index (χ1) is 11.5. The number of hydrogen-bond donors (Lipinski definition) is 1. The van der Waals surface area contributed by atoms with Crippen LogP contribution in [0.5, 0.6) is 0 Å². The molecule has 3 rings (SSSR count). The van der Waals surface area contributed by atoms with Gasteiger partial charge in [0.1, 0.15) is 6.54 Å². The fraction of sp³-hybridized carbons (Fsp3) is 0.211. The lowest BCUT2D eigenvalue weighted by molar-refractivity contribution is -0.121. The number of amides is 1. The molecule has 0 bridgehead atoms. The first kappa shape index (κ1) is 15.9. The van der Waals surface area contributed by atoms with Crippen molar-refractivity contribution in [3.63, 3.8) is 0 Å². The first-order valence-corrected chi connectivity index (χ1v) is 7.81. The maximum absolute atomic E-state index is 12.2. The molecular formula is C19H19N3O2. The number of hydrogen-bond acceptors (Lipinski definition) is 3. The van der Waals surface area contributed by atoms with E-state index in [4.69, 9.17) is 0 Å². The van der Waals surface area contributed by atoms with E-state index in [9.17, 15) is 9.59 Å². The van der Waals surface area contributed by atoms with Gasteiger partial charge in [-0.2, -0.15) is 0 Å². The van der Waals surface area contributed by atoms with E-state index in [0.717, 1.165) is 22.3 Å². The molecule has 0 aliphatic rings. The summed E-state index contributed by atoms with van der Waals surface area (Å²) in [6.07, 6.45) is 3.37. The predicted octanol–water partition coefficient (Wildman–Crippen LogP) is 2.33. The molecule has 0 saturated carbocycles. The lowest BCUT2D eigenvalue weighted by Gasteiger charge is -2.13. The molecule has 5 heteroatoms. The van der Waals surface area contributed by atoms with Gasteiger partial charge in [0.15, 0.2) is 5.43 Å². The molecule has 0 spiro atoms. The topological polar surface area (TPSA) is 64.0 Å². The van der Waals surface area contributed by atoms with Crippen LogP contribution in [0.25, 0.3) is 10.9 Å². The number of carbonyl (C=O) groups excluding carboxylic acids is 1. The number of benzene rings is 1. The smallest absolute Gasteiger partial charge is 0.240 e. The number of pyridine rings is 2. The lowest BCUT2D eigenvalue weighted by Crippen LogP contribution is -2.28. The van der Waals surface area contributed by atoms with Gasteiger partial charge in [-0.3, -0.25) is 14.6 Å². The fourth-order valence-corrected chi connectivity index (χ4v) is 2.85. The van der Waals surface area contributed by atoms with Crippen LogP contribution in [-0.2, 0) is 17.9 Å². The van der Waals surface area contributed by atoms with Gasteiger partial charge in [0.05, 0.1) is 17.8 Å². The van der Waals surface area contributed by atoms with Crippen LogP contribution in [0, 0.1) is 13.8 Å². The third-order valence-corrected chi connectivity index (χ3v) is 3.93. The van der Waals surface area contributed by atoms with E-state index in [1.54, 1.807) is 12.4 Å². The zero-order valence-electron chi connectivity index (χ0n) is 13.7. The van der Waals surface area contributed by atoms with Gasteiger partial charge in [-0.25, -0.2) is 0 Å². The molecule has 0 atom stereocenters. The molecule has 122 valence electrons. The monoisotopic (exact) mass is 321 g/mol. The zero-order chi connectivity index (χ0) is 17.1. The Morgan fingerprint density at radius 1 is 1.21 bits per heavy atom. The summed E-state index contributed by atoms with van der Waals surface area (Å²) in [6, 6.07) is 11.0. The molecule has 0 aliphatic heterocycles. The van der Waals surface area contributed by atoms with Crippen LogP contribution in [-0.4, -0.2) is 15.5 Å². The van der Waals surface area contributed by atoms with Crippen LogP contribution in [0.1, 0.15) is 16.8 Å². The second kappa shape index (κ2) is 6.66. The molecule has 0 unspecified atom stereocenters. The van der Waals surface area contributed by atoms with Crippen LogP contribution in [0.4, 0.5) is 0 Å². The maximum Gasteiger partial charge on any atom is 0.240 e. The summed E-state index contributed by atoms with van der Waals surface area (Å²) in [5.74, 6) is -0.121. The van der Waals surface area contributed by atoms with E-state index in [1.165, 1.54) is 6.07 Å². The van der Waals surface area contributed by atoms with Gasteiger partial charge in [-0.15, -0.1) is 0 Å². The molecular weight excluding hydrogens is 302 g/mol. The molecule has 0 radical (unpaired) electrons. The Labute approximate surface area is 140 Å². The third-order valence-electron chi connectivity index (χ3n) is 3.93. The van der Waals surface area contributed by atoms with Crippen LogP contribution >= 0.6 is 0 Å². The Kier molecular flexibility index (Phi) is 4.42. The largest absolute Gasteiger partial charge is 0.349 e. The Morgan fingerprint density at radius 2 is 2.04 bits per heavy atom. The quantitative estimate of drug-likeness (QED) is 0.802. The van der Waals surface area contributed by atoms with Gasteiger partial charge in [0.25, 0.3) is 0 Å². The van der Waals surface area contributed by atoms with E-state index in [0.29, 0.717) is 11.9 Å². The molecule has 0 aliphatic carbocycles. The van der Waals surface area contributed by atoms with E-state index in [2.05, 4.69) is 10.3 Å². The summed E-state index contributed by atoms with van der Waals surface area (Å²) in [5, 5.41) is 3.52. The lowest BCUT2D eigenvalue weighted by atomic mass is 10.1. The molecule has 5 nitrogen and oxygen atoms in total. The number of aromatic nitrogens is 2. The SMILES string of the molecule is Cc1cc(C)c2c(=O)ccn(CC(=O)NCc3ccccn3)c2c1. The number of nitrogens with one attached hydrogen (secondary N) is 1. The molecule has 2 heterocycles. The average molecular weight is 321 g/mol. The van der Waals surface area contributed by atoms with E-state index in [-0.39, 0.29) is 17.9 Å².